The van der Waals surface area contributed by atoms with Gasteiger partial charge < -0.3 is 4.74 Å². The van der Waals surface area contributed by atoms with Gasteiger partial charge >= 0.3 is 5.97 Å². The summed E-state index contributed by atoms with van der Waals surface area (Å²) in [5.74, 6) is -0.372. The molecule has 2 aromatic rings. The summed E-state index contributed by atoms with van der Waals surface area (Å²) in [4.78, 5) is 11.2. The number of hydrogen-bond donors (Lipinski definition) is 1. The van der Waals surface area contributed by atoms with Crippen molar-refractivity contribution < 1.29 is 17.9 Å². The van der Waals surface area contributed by atoms with Gasteiger partial charge in [-0.3, -0.25) is 4.79 Å². The molecule has 0 radical (unpaired) electrons. The SMILES string of the molecule is O=C1C[C@H](NS(=O)(=O)c2csc3ccccc23)CO1. The molecule has 1 atom stereocenters. The van der Waals surface area contributed by atoms with Crippen LogP contribution in [0.5, 0.6) is 0 Å². The standard InChI is InChI=1S/C12H11NO4S2/c14-12-5-8(6-17-12)13-19(15,16)11-7-18-10-4-2-1-3-9(10)11/h1-4,7-8,13H,5-6H2/t8-/m0/s1. The molecule has 1 aliphatic rings. The third-order valence-electron chi connectivity index (χ3n) is 2.92. The molecule has 0 bridgehead atoms. The first-order valence-corrected chi connectivity index (χ1v) is 8.07. The maximum absolute atomic E-state index is 12.3. The number of benzene rings is 1. The monoisotopic (exact) mass is 297 g/mol. The quantitative estimate of drug-likeness (QED) is 0.871. The number of fused-ring (bicyclic) bond motifs is 1. The van der Waals surface area contributed by atoms with Gasteiger partial charge in [0.1, 0.15) is 11.5 Å². The van der Waals surface area contributed by atoms with Gasteiger partial charge in [-0.1, -0.05) is 18.2 Å². The molecule has 1 aromatic heterocycles. The summed E-state index contributed by atoms with van der Waals surface area (Å²) in [5.41, 5.74) is 0. The lowest BCUT2D eigenvalue weighted by molar-refractivity contribution is -0.137. The lowest BCUT2D eigenvalue weighted by Gasteiger charge is -2.09. The number of nitrogens with one attached hydrogen (secondary N) is 1. The highest BCUT2D eigenvalue weighted by atomic mass is 32.2. The summed E-state index contributed by atoms with van der Waals surface area (Å²) >= 11 is 1.38. The van der Waals surface area contributed by atoms with Crippen molar-refractivity contribution in [2.45, 2.75) is 17.4 Å². The molecule has 1 fully saturated rings. The Hall–Kier alpha value is -1.44. The molecule has 0 aliphatic carbocycles. The van der Waals surface area contributed by atoms with Crippen molar-refractivity contribution in [3.8, 4) is 0 Å². The first-order chi connectivity index (χ1) is 9.06. The van der Waals surface area contributed by atoms with Crippen molar-refractivity contribution in [1.82, 2.24) is 4.72 Å². The summed E-state index contributed by atoms with van der Waals surface area (Å²) in [6, 6.07) is 6.84. The average Bonchev–Trinajstić information content (AvgIpc) is 2.95. The predicted molar refractivity (Wildman–Crippen MR) is 71.5 cm³/mol. The van der Waals surface area contributed by atoms with Gasteiger partial charge in [-0.15, -0.1) is 11.3 Å². The highest BCUT2D eigenvalue weighted by Crippen LogP contribution is 2.29. The number of thiophene rings is 1. The Morgan fingerprint density at radius 3 is 2.84 bits per heavy atom. The molecule has 0 unspecified atom stereocenters. The minimum Gasteiger partial charge on any atom is -0.464 e. The fraction of sp³-hybridized carbons (Fsp3) is 0.250. The first kappa shape index (κ1) is 12.6. The minimum atomic E-state index is -3.62. The fourth-order valence-electron chi connectivity index (χ4n) is 2.03. The van der Waals surface area contributed by atoms with Crippen LogP contribution < -0.4 is 4.72 Å². The minimum absolute atomic E-state index is 0.0846. The van der Waals surface area contributed by atoms with Crippen LogP contribution in [-0.2, 0) is 19.6 Å². The Kier molecular flexibility index (Phi) is 3.04. The first-order valence-electron chi connectivity index (χ1n) is 5.70. The van der Waals surface area contributed by atoms with Crippen LogP contribution in [0.1, 0.15) is 6.42 Å². The zero-order valence-electron chi connectivity index (χ0n) is 9.83. The summed E-state index contributed by atoms with van der Waals surface area (Å²) in [6.45, 7) is 0.0974. The van der Waals surface area contributed by atoms with E-state index in [1.807, 2.05) is 12.1 Å². The normalized spacial score (nSPS) is 19.8. The second kappa shape index (κ2) is 4.59. The second-order valence-corrected chi connectivity index (χ2v) is 6.90. The number of sulfonamides is 1. The van der Waals surface area contributed by atoms with Gasteiger partial charge in [-0.25, -0.2) is 13.1 Å². The van der Waals surface area contributed by atoms with Gasteiger partial charge in [0.05, 0.1) is 12.5 Å². The average molecular weight is 297 g/mol. The van der Waals surface area contributed by atoms with E-state index in [0.717, 1.165) is 4.70 Å². The van der Waals surface area contributed by atoms with Crippen molar-refractivity contribution in [3.05, 3.63) is 29.6 Å². The van der Waals surface area contributed by atoms with Crippen molar-refractivity contribution in [2.75, 3.05) is 6.61 Å². The Bertz CT molecular complexity index is 735. The van der Waals surface area contributed by atoms with E-state index in [1.165, 1.54) is 11.3 Å². The van der Waals surface area contributed by atoms with E-state index in [0.29, 0.717) is 5.39 Å². The van der Waals surface area contributed by atoms with Crippen LogP contribution in [0.25, 0.3) is 10.1 Å². The summed E-state index contributed by atoms with van der Waals surface area (Å²) in [5, 5.41) is 2.32. The third-order valence-corrected chi connectivity index (χ3v) is 5.59. The number of carbonyl (C=O) groups excluding carboxylic acids is 1. The largest absolute Gasteiger partial charge is 0.464 e. The van der Waals surface area contributed by atoms with Gasteiger partial charge in [0, 0.05) is 15.5 Å². The van der Waals surface area contributed by atoms with Gasteiger partial charge in [-0.05, 0) is 6.07 Å². The molecule has 7 heteroatoms. The topological polar surface area (TPSA) is 72.5 Å². The van der Waals surface area contributed by atoms with E-state index >= 15 is 0 Å². The van der Waals surface area contributed by atoms with Crippen LogP contribution >= 0.6 is 11.3 Å². The lowest BCUT2D eigenvalue weighted by atomic mass is 10.3. The van der Waals surface area contributed by atoms with Gasteiger partial charge in [0.25, 0.3) is 0 Å². The van der Waals surface area contributed by atoms with Gasteiger partial charge in [0.15, 0.2) is 0 Å². The molecule has 100 valence electrons. The smallest absolute Gasteiger partial charge is 0.307 e. The van der Waals surface area contributed by atoms with Crippen molar-refractivity contribution in [3.63, 3.8) is 0 Å². The molecular formula is C12H11NO4S2. The van der Waals surface area contributed by atoms with Crippen LogP contribution in [-0.4, -0.2) is 27.0 Å². The van der Waals surface area contributed by atoms with Crippen molar-refractivity contribution in [1.29, 1.82) is 0 Å². The number of rotatable bonds is 3. The summed E-state index contributed by atoms with van der Waals surface area (Å²) < 4.78 is 32.8. The molecule has 0 amide bonds. The van der Waals surface area contributed by atoms with Gasteiger partial charge in [0.2, 0.25) is 10.0 Å². The van der Waals surface area contributed by atoms with Crippen LogP contribution in [0.3, 0.4) is 0 Å². The molecule has 1 aliphatic heterocycles. The predicted octanol–water partition coefficient (Wildman–Crippen LogP) is 1.50. The van der Waals surface area contributed by atoms with Crippen LogP contribution in [0.4, 0.5) is 0 Å². The van der Waals surface area contributed by atoms with Crippen molar-refractivity contribution in [2.24, 2.45) is 0 Å². The van der Waals surface area contributed by atoms with E-state index in [9.17, 15) is 13.2 Å². The molecule has 1 N–H and O–H groups in total. The van der Waals surface area contributed by atoms with Gasteiger partial charge in [-0.2, -0.15) is 0 Å². The van der Waals surface area contributed by atoms with E-state index < -0.39 is 16.1 Å². The van der Waals surface area contributed by atoms with Crippen LogP contribution in [0.15, 0.2) is 34.5 Å². The Morgan fingerprint density at radius 1 is 1.32 bits per heavy atom. The number of esters is 1. The Labute approximate surface area is 114 Å². The molecule has 3 rings (SSSR count). The number of ether oxygens (including phenoxy) is 1. The van der Waals surface area contributed by atoms with E-state index in [-0.39, 0.29) is 23.9 Å². The van der Waals surface area contributed by atoms with E-state index in [2.05, 4.69) is 4.72 Å². The van der Waals surface area contributed by atoms with E-state index in [1.54, 1.807) is 17.5 Å². The number of carbonyl (C=O) groups is 1. The Balaban J connectivity index is 1.94. The maximum Gasteiger partial charge on any atom is 0.307 e. The molecular weight excluding hydrogens is 286 g/mol. The Morgan fingerprint density at radius 2 is 2.11 bits per heavy atom. The molecule has 0 spiro atoms. The fourth-order valence-corrected chi connectivity index (χ4v) is 4.76. The summed E-state index contributed by atoms with van der Waals surface area (Å²) in [6.07, 6.45) is 0.0846. The number of cyclic esters (lactones) is 1. The summed E-state index contributed by atoms with van der Waals surface area (Å²) in [7, 11) is -3.62. The molecule has 1 saturated heterocycles. The lowest BCUT2D eigenvalue weighted by Crippen LogP contribution is -2.35. The molecule has 5 nitrogen and oxygen atoms in total. The second-order valence-electron chi connectivity index (χ2n) is 4.30. The molecule has 2 heterocycles. The number of hydrogen-bond acceptors (Lipinski definition) is 5. The van der Waals surface area contributed by atoms with Crippen LogP contribution in [0.2, 0.25) is 0 Å². The maximum atomic E-state index is 12.3. The van der Waals surface area contributed by atoms with E-state index in [4.69, 9.17) is 4.74 Å². The van der Waals surface area contributed by atoms with Crippen LogP contribution in [0, 0.1) is 0 Å². The highest BCUT2D eigenvalue weighted by Gasteiger charge is 2.29. The molecule has 19 heavy (non-hydrogen) atoms. The molecule has 0 saturated carbocycles. The zero-order chi connectivity index (χ0) is 13.5. The highest BCUT2D eigenvalue weighted by molar-refractivity contribution is 7.90. The molecule has 1 aromatic carbocycles. The third kappa shape index (κ3) is 2.36. The van der Waals surface area contributed by atoms with Crippen molar-refractivity contribution >= 4 is 37.4 Å². The zero-order valence-corrected chi connectivity index (χ0v) is 11.5.